The molecule has 1 aliphatic rings. The first-order valence-corrected chi connectivity index (χ1v) is 10.5. The normalized spacial score (nSPS) is 13.2. The number of benzene rings is 1. The standard InChI is InChI=1S/C20H20FN5O5S/c1-25(2)19(28)30-13-5-6-14-15(9-13)31-20(29)26(18(14)27)10-11-7-8-22-17(16(11)21)24-32-23-12-3-4-12/h5-9,12,23H,3-4,10H2,1-2H3,(H,22,24). The highest BCUT2D eigenvalue weighted by Crippen LogP contribution is 2.23. The molecule has 1 saturated carbocycles. The molecule has 1 aromatic carbocycles. The van der Waals surface area contributed by atoms with Gasteiger partial charge < -0.3 is 14.1 Å². The average molecular weight is 461 g/mol. The molecule has 0 radical (unpaired) electrons. The molecule has 3 aromatic rings. The van der Waals surface area contributed by atoms with Gasteiger partial charge >= 0.3 is 11.8 Å². The second-order valence-electron chi connectivity index (χ2n) is 7.41. The van der Waals surface area contributed by atoms with Crippen molar-refractivity contribution < 1.29 is 18.3 Å². The summed E-state index contributed by atoms with van der Waals surface area (Å²) >= 11 is 1.13. The minimum atomic E-state index is -0.964. The van der Waals surface area contributed by atoms with Crippen LogP contribution in [0.1, 0.15) is 18.4 Å². The predicted molar refractivity (Wildman–Crippen MR) is 117 cm³/mol. The monoisotopic (exact) mass is 461 g/mol. The second-order valence-corrected chi connectivity index (χ2v) is 8.05. The van der Waals surface area contributed by atoms with Crippen LogP contribution in [0.3, 0.4) is 0 Å². The molecule has 0 spiro atoms. The summed E-state index contributed by atoms with van der Waals surface area (Å²) in [7, 11) is 3.04. The van der Waals surface area contributed by atoms with E-state index in [9.17, 15) is 18.8 Å². The number of rotatable bonds is 7. The van der Waals surface area contributed by atoms with Crippen molar-refractivity contribution in [2.45, 2.75) is 25.4 Å². The van der Waals surface area contributed by atoms with Gasteiger partial charge in [-0.1, -0.05) is 0 Å². The summed E-state index contributed by atoms with van der Waals surface area (Å²) in [5.41, 5.74) is -0.600. The van der Waals surface area contributed by atoms with E-state index >= 15 is 0 Å². The summed E-state index contributed by atoms with van der Waals surface area (Å²) in [6.07, 6.45) is 2.91. The first-order valence-electron chi connectivity index (χ1n) is 9.71. The van der Waals surface area contributed by atoms with Gasteiger partial charge in [0.05, 0.1) is 11.9 Å². The van der Waals surface area contributed by atoms with Crippen molar-refractivity contribution in [3.05, 3.63) is 62.7 Å². The summed E-state index contributed by atoms with van der Waals surface area (Å²) in [5.74, 6) is -1.53. The van der Waals surface area contributed by atoms with E-state index in [1.807, 2.05) is 0 Å². The van der Waals surface area contributed by atoms with Crippen molar-refractivity contribution in [2.75, 3.05) is 18.8 Å². The number of ether oxygens (including phenoxy) is 1. The summed E-state index contributed by atoms with van der Waals surface area (Å²) in [6.45, 7) is -0.335. The lowest BCUT2D eigenvalue weighted by molar-refractivity contribution is 0.172. The van der Waals surface area contributed by atoms with Crippen LogP contribution in [0, 0.1) is 5.82 Å². The van der Waals surface area contributed by atoms with Crippen LogP contribution in [-0.4, -0.2) is 40.7 Å². The number of anilines is 1. The highest BCUT2D eigenvalue weighted by atomic mass is 32.2. The van der Waals surface area contributed by atoms with Crippen molar-refractivity contribution in [2.24, 2.45) is 0 Å². The first kappa shape index (κ1) is 21.8. The van der Waals surface area contributed by atoms with Gasteiger partial charge in [0.25, 0.3) is 5.56 Å². The van der Waals surface area contributed by atoms with Crippen molar-refractivity contribution in [1.82, 2.24) is 19.2 Å². The third-order valence-electron chi connectivity index (χ3n) is 4.66. The van der Waals surface area contributed by atoms with Crippen LogP contribution in [-0.2, 0) is 6.54 Å². The quantitative estimate of drug-likeness (QED) is 0.511. The van der Waals surface area contributed by atoms with Crippen LogP contribution < -0.4 is 25.5 Å². The van der Waals surface area contributed by atoms with E-state index in [0.717, 1.165) is 29.5 Å². The van der Waals surface area contributed by atoms with Gasteiger partial charge in [0.2, 0.25) is 0 Å². The topological polar surface area (TPSA) is 119 Å². The van der Waals surface area contributed by atoms with Crippen LogP contribution >= 0.6 is 12.1 Å². The fraction of sp³-hybridized carbons (Fsp3) is 0.300. The zero-order chi connectivity index (χ0) is 22.8. The lowest BCUT2D eigenvalue weighted by Gasteiger charge is -2.12. The molecule has 1 amide bonds. The van der Waals surface area contributed by atoms with Crippen LogP contribution in [0.2, 0.25) is 0 Å². The molecule has 0 atom stereocenters. The van der Waals surface area contributed by atoms with E-state index in [4.69, 9.17) is 9.15 Å². The Labute approximate surface area is 185 Å². The number of nitrogens with zero attached hydrogens (tertiary/aromatic N) is 3. The molecule has 2 N–H and O–H groups in total. The van der Waals surface area contributed by atoms with E-state index < -0.39 is 23.2 Å². The van der Waals surface area contributed by atoms with Crippen molar-refractivity contribution in [1.29, 1.82) is 0 Å². The first-order chi connectivity index (χ1) is 15.3. The van der Waals surface area contributed by atoms with Gasteiger partial charge in [0, 0.05) is 50.1 Å². The smallest absolute Gasteiger partial charge is 0.410 e. The van der Waals surface area contributed by atoms with E-state index in [-0.39, 0.29) is 34.6 Å². The van der Waals surface area contributed by atoms with Crippen LogP contribution in [0.25, 0.3) is 11.0 Å². The van der Waals surface area contributed by atoms with Gasteiger partial charge in [-0.2, -0.15) is 0 Å². The number of carbonyl (C=O) groups is 1. The lowest BCUT2D eigenvalue weighted by Crippen LogP contribution is -2.33. The van der Waals surface area contributed by atoms with Crippen molar-refractivity contribution in [3.63, 3.8) is 0 Å². The molecule has 0 aliphatic heterocycles. The van der Waals surface area contributed by atoms with Gasteiger partial charge in [-0.15, -0.1) is 0 Å². The molecule has 32 heavy (non-hydrogen) atoms. The SMILES string of the molecule is CN(C)C(=O)Oc1ccc2c(=O)n(Cc3ccnc(NSNC4CC4)c3F)c(=O)oc2c1. The number of pyridine rings is 1. The van der Waals surface area contributed by atoms with E-state index in [2.05, 4.69) is 14.4 Å². The largest absolute Gasteiger partial charge is 0.422 e. The molecule has 2 heterocycles. The molecule has 12 heteroatoms. The molecular weight excluding hydrogens is 441 g/mol. The van der Waals surface area contributed by atoms with E-state index in [1.165, 1.54) is 49.5 Å². The number of nitrogens with one attached hydrogen (secondary N) is 2. The summed E-state index contributed by atoms with van der Waals surface area (Å²) < 4.78 is 31.9. The Morgan fingerprint density at radius 3 is 2.84 bits per heavy atom. The Bertz CT molecular complexity index is 1290. The molecule has 0 saturated heterocycles. The highest BCUT2D eigenvalue weighted by Gasteiger charge is 2.21. The van der Waals surface area contributed by atoms with Gasteiger partial charge in [0.15, 0.2) is 11.6 Å². The molecule has 1 fully saturated rings. The Hall–Kier alpha value is -3.38. The minimum Gasteiger partial charge on any atom is -0.410 e. The fourth-order valence-electron chi connectivity index (χ4n) is 2.74. The van der Waals surface area contributed by atoms with Gasteiger partial charge in [0.1, 0.15) is 11.3 Å². The Morgan fingerprint density at radius 2 is 2.12 bits per heavy atom. The molecule has 2 aromatic heterocycles. The molecule has 1 aliphatic carbocycles. The van der Waals surface area contributed by atoms with E-state index in [0.29, 0.717) is 6.04 Å². The maximum absolute atomic E-state index is 14.8. The fourth-order valence-corrected chi connectivity index (χ4v) is 3.44. The van der Waals surface area contributed by atoms with Crippen LogP contribution in [0.5, 0.6) is 5.75 Å². The third-order valence-corrected chi connectivity index (χ3v) is 5.41. The number of aromatic nitrogens is 2. The average Bonchev–Trinajstić information content (AvgIpc) is 3.57. The van der Waals surface area contributed by atoms with E-state index in [1.54, 1.807) is 0 Å². The maximum atomic E-state index is 14.8. The number of fused-ring (bicyclic) bond motifs is 1. The number of halogens is 1. The number of hydrogen-bond acceptors (Lipinski definition) is 9. The molecule has 10 nitrogen and oxygen atoms in total. The second kappa shape index (κ2) is 9.01. The Kier molecular flexibility index (Phi) is 6.15. The molecular formula is C20H20FN5O5S. The van der Waals surface area contributed by atoms with Crippen LogP contribution in [0.4, 0.5) is 15.0 Å². The zero-order valence-electron chi connectivity index (χ0n) is 17.3. The molecule has 0 bridgehead atoms. The number of amides is 1. The summed E-state index contributed by atoms with van der Waals surface area (Å²) in [4.78, 5) is 42.2. The van der Waals surface area contributed by atoms with Crippen molar-refractivity contribution in [3.8, 4) is 5.75 Å². The number of carbonyl (C=O) groups excluding carboxylic acids is 1. The lowest BCUT2D eigenvalue weighted by atomic mass is 10.2. The van der Waals surface area contributed by atoms with Gasteiger partial charge in [-0.3, -0.25) is 9.52 Å². The zero-order valence-corrected chi connectivity index (χ0v) is 18.1. The number of hydrogen-bond donors (Lipinski definition) is 2. The molecule has 0 unspecified atom stereocenters. The third kappa shape index (κ3) is 4.75. The van der Waals surface area contributed by atoms with Gasteiger partial charge in [-0.25, -0.2) is 28.3 Å². The summed E-state index contributed by atoms with van der Waals surface area (Å²) in [6, 6.07) is 5.87. The minimum absolute atomic E-state index is 0.00812. The Balaban J connectivity index is 1.60. The molecule has 168 valence electrons. The van der Waals surface area contributed by atoms with Crippen LogP contribution in [0.15, 0.2) is 44.5 Å². The molecule has 4 rings (SSSR count). The maximum Gasteiger partial charge on any atom is 0.422 e. The van der Waals surface area contributed by atoms with Crippen molar-refractivity contribution >= 4 is 35.0 Å². The van der Waals surface area contributed by atoms with Gasteiger partial charge in [-0.05, 0) is 31.0 Å². The Morgan fingerprint density at radius 1 is 1.34 bits per heavy atom. The predicted octanol–water partition coefficient (Wildman–Crippen LogP) is 2.32. The highest BCUT2D eigenvalue weighted by molar-refractivity contribution is 7.98. The summed E-state index contributed by atoms with van der Waals surface area (Å²) in [5, 5.41) is 0.0891.